The Kier molecular flexibility index (Phi) is 4.50. The van der Waals surface area contributed by atoms with E-state index in [-0.39, 0.29) is 17.2 Å². The van der Waals surface area contributed by atoms with E-state index in [1.165, 1.54) is 0 Å². The second kappa shape index (κ2) is 6.47. The van der Waals surface area contributed by atoms with Crippen molar-refractivity contribution in [2.24, 2.45) is 11.3 Å². The standard InChI is InChI=1S/C20H24N2O3/c1-5-25-19(24)16-12(2)22-14-10-20(3,4)11-15(23)17(14)18(16)13-8-6-7-9-21-13/h6-10,17-18,22H,5,11H2,1-4H3. The molecule has 1 N–H and O–H groups in total. The molecule has 3 rings (SSSR count). The van der Waals surface area contributed by atoms with Crippen LogP contribution in [0.5, 0.6) is 0 Å². The van der Waals surface area contributed by atoms with Gasteiger partial charge in [0.15, 0.2) is 0 Å². The van der Waals surface area contributed by atoms with Gasteiger partial charge in [-0.25, -0.2) is 4.79 Å². The lowest BCUT2D eigenvalue weighted by molar-refractivity contribution is -0.139. The van der Waals surface area contributed by atoms with E-state index in [1.807, 2.05) is 39.0 Å². The van der Waals surface area contributed by atoms with Crippen molar-refractivity contribution in [1.82, 2.24) is 10.3 Å². The van der Waals surface area contributed by atoms with Crippen molar-refractivity contribution in [1.29, 1.82) is 0 Å². The fourth-order valence-electron chi connectivity index (χ4n) is 3.82. The molecule has 5 nitrogen and oxygen atoms in total. The minimum absolute atomic E-state index is 0.125. The van der Waals surface area contributed by atoms with Crippen LogP contribution in [0.2, 0.25) is 0 Å². The van der Waals surface area contributed by atoms with E-state index in [0.29, 0.717) is 18.6 Å². The van der Waals surface area contributed by atoms with E-state index in [9.17, 15) is 9.59 Å². The molecule has 1 aliphatic heterocycles. The number of rotatable bonds is 3. The van der Waals surface area contributed by atoms with E-state index < -0.39 is 11.8 Å². The first-order valence-corrected chi connectivity index (χ1v) is 8.65. The number of esters is 1. The fraction of sp³-hybridized carbons (Fsp3) is 0.450. The predicted octanol–water partition coefficient (Wildman–Crippen LogP) is 3.10. The molecule has 5 heteroatoms. The van der Waals surface area contributed by atoms with Gasteiger partial charge in [-0.1, -0.05) is 26.0 Å². The summed E-state index contributed by atoms with van der Waals surface area (Å²) in [6.07, 6.45) is 4.25. The Hall–Kier alpha value is -2.43. The molecule has 25 heavy (non-hydrogen) atoms. The SMILES string of the molecule is CCOC(=O)C1=C(C)NC2=CC(C)(C)CC(=O)C2C1c1ccccn1. The third kappa shape index (κ3) is 3.23. The summed E-state index contributed by atoms with van der Waals surface area (Å²) in [6, 6.07) is 5.57. The minimum atomic E-state index is -0.425. The summed E-state index contributed by atoms with van der Waals surface area (Å²) >= 11 is 0. The van der Waals surface area contributed by atoms with Crippen LogP contribution in [0.25, 0.3) is 0 Å². The molecule has 0 saturated carbocycles. The second-order valence-corrected chi connectivity index (χ2v) is 7.33. The fourth-order valence-corrected chi connectivity index (χ4v) is 3.82. The van der Waals surface area contributed by atoms with Gasteiger partial charge in [0.05, 0.1) is 24.0 Å². The van der Waals surface area contributed by atoms with Gasteiger partial charge in [0.1, 0.15) is 5.78 Å². The van der Waals surface area contributed by atoms with Crippen LogP contribution >= 0.6 is 0 Å². The molecular weight excluding hydrogens is 316 g/mol. The third-order valence-corrected chi connectivity index (χ3v) is 4.74. The van der Waals surface area contributed by atoms with Gasteiger partial charge in [-0.3, -0.25) is 9.78 Å². The number of Topliss-reactive ketones (excluding diaryl/α,β-unsaturated/α-hetero) is 1. The van der Waals surface area contributed by atoms with Crippen LogP contribution in [0.4, 0.5) is 0 Å². The zero-order valence-corrected chi connectivity index (χ0v) is 15.1. The van der Waals surface area contributed by atoms with E-state index in [1.54, 1.807) is 13.1 Å². The van der Waals surface area contributed by atoms with E-state index >= 15 is 0 Å². The maximum Gasteiger partial charge on any atom is 0.336 e. The molecule has 0 radical (unpaired) electrons. The highest BCUT2D eigenvalue weighted by Gasteiger charge is 2.46. The van der Waals surface area contributed by atoms with Gasteiger partial charge in [-0.2, -0.15) is 0 Å². The monoisotopic (exact) mass is 340 g/mol. The molecule has 0 bridgehead atoms. The van der Waals surface area contributed by atoms with Crippen LogP contribution < -0.4 is 5.32 Å². The molecule has 2 heterocycles. The number of ketones is 1. The first-order chi connectivity index (χ1) is 11.8. The smallest absolute Gasteiger partial charge is 0.336 e. The van der Waals surface area contributed by atoms with Crippen molar-refractivity contribution in [2.45, 2.75) is 40.0 Å². The summed E-state index contributed by atoms with van der Waals surface area (Å²) in [4.78, 5) is 30.0. The Balaban J connectivity index is 2.18. The molecule has 2 unspecified atom stereocenters. The Bertz CT molecular complexity index is 762. The van der Waals surface area contributed by atoms with E-state index in [0.717, 1.165) is 17.1 Å². The van der Waals surface area contributed by atoms with Gasteiger partial charge >= 0.3 is 5.97 Å². The Labute approximate surface area is 148 Å². The average molecular weight is 340 g/mol. The van der Waals surface area contributed by atoms with Crippen LogP contribution in [0.1, 0.15) is 45.7 Å². The van der Waals surface area contributed by atoms with Crippen LogP contribution in [-0.4, -0.2) is 23.3 Å². The van der Waals surface area contributed by atoms with Gasteiger partial charge in [0.25, 0.3) is 0 Å². The highest BCUT2D eigenvalue weighted by Crippen LogP contribution is 2.46. The van der Waals surface area contributed by atoms with Gasteiger partial charge in [-0.05, 0) is 31.4 Å². The summed E-state index contributed by atoms with van der Waals surface area (Å²) in [5.41, 5.74) is 2.60. The Morgan fingerprint density at radius 2 is 2.12 bits per heavy atom. The molecule has 0 amide bonds. The number of carbonyl (C=O) groups is 2. The maximum atomic E-state index is 13.0. The molecule has 2 aliphatic rings. The summed E-state index contributed by atoms with van der Waals surface area (Å²) in [6.45, 7) is 8.01. The van der Waals surface area contributed by atoms with Crippen molar-refractivity contribution in [3.63, 3.8) is 0 Å². The van der Waals surface area contributed by atoms with Crippen LogP contribution in [0, 0.1) is 11.3 Å². The van der Waals surface area contributed by atoms with Gasteiger partial charge < -0.3 is 10.1 Å². The summed E-state index contributed by atoms with van der Waals surface area (Å²) in [5, 5.41) is 3.28. The van der Waals surface area contributed by atoms with Crippen molar-refractivity contribution < 1.29 is 14.3 Å². The number of fused-ring (bicyclic) bond motifs is 1. The molecule has 2 atom stereocenters. The van der Waals surface area contributed by atoms with Gasteiger partial charge in [-0.15, -0.1) is 0 Å². The summed E-state index contributed by atoms with van der Waals surface area (Å²) in [7, 11) is 0. The lowest BCUT2D eigenvalue weighted by Crippen LogP contribution is -2.43. The lowest BCUT2D eigenvalue weighted by Gasteiger charge is -2.40. The summed E-state index contributed by atoms with van der Waals surface area (Å²) in [5.74, 6) is -1.11. The van der Waals surface area contributed by atoms with Crippen LogP contribution in [-0.2, 0) is 14.3 Å². The number of hydrogen-bond acceptors (Lipinski definition) is 5. The number of aromatic nitrogens is 1. The maximum absolute atomic E-state index is 13.0. The zero-order valence-electron chi connectivity index (χ0n) is 15.1. The number of allylic oxidation sites excluding steroid dienone is 3. The topological polar surface area (TPSA) is 68.3 Å². The van der Waals surface area contributed by atoms with Crippen LogP contribution in [0.15, 0.2) is 47.4 Å². The highest BCUT2D eigenvalue weighted by molar-refractivity contribution is 5.96. The predicted molar refractivity (Wildman–Crippen MR) is 94.4 cm³/mol. The van der Waals surface area contributed by atoms with Gasteiger partial charge in [0.2, 0.25) is 0 Å². The number of carbonyl (C=O) groups excluding carboxylic acids is 2. The molecule has 132 valence electrons. The van der Waals surface area contributed by atoms with E-state index in [2.05, 4.69) is 16.4 Å². The van der Waals surface area contributed by atoms with Crippen molar-refractivity contribution in [2.75, 3.05) is 6.61 Å². The average Bonchev–Trinajstić information content (AvgIpc) is 2.53. The highest BCUT2D eigenvalue weighted by atomic mass is 16.5. The number of hydrogen-bond donors (Lipinski definition) is 1. The molecule has 0 fully saturated rings. The molecule has 1 aromatic heterocycles. The normalized spacial score (nSPS) is 25.0. The zero-order chi connectivity index (χ0) is 18.2. The van der Waals surface area contributed by atoms with Crippen molar-refractivity contribution >= 4 is 11.8 Å². The molecule has 0 spiro atoms. The van der Waals surface area contributed by atoms with Gasteiger partial charge in [0, 0.05) is 29.7 Å². The van der Waals surface area contributed by atoms with Crippen molar-refractivity contribution in [3.05, 3.63) is 53.1 Å². The summed E-state index contributed by atoms with van der Waals surface area (Å²) < 4.78 is 5.26. The molecule has 0 saturated heterocycles. The first-order valence-electron chi connectivity index (χ1n) is 8.65. The Morgan fingerprint density at radius 1 is 1.36 bits per heavy atom. The molecule has 1 aliphatic carbocycles. The number of nitrogens with zero attached hydrogens (tertiary/aromatic N) is 1. The number of nitrogens with one attached hydrogen (secondary N) is 1. The molecule has 1 aromatic rings. The first kappa shape index (κ1) is 17.4. The number of ether oxygens (including phenoxy) is 1. The third-order valence-electron chi connectivity index (χ3n) is 4.74. The largest absolute Gasteiger partial charge is 0.463 e. The van der Waals surface area contributed by atoms with Crippen molar-refractivity contribution in [3.8, 4) is 0 Å². The van der Waals surface area contributed by atoms with Crippen LogP contribution in [0.3, 0.4) is 0 Å². The molecule has 0 aromatic carbocycles. The van der Waals surface area contributed by atoms with E-state index in [4.69, 9.17) is 4.74 Å². The molecular formula is C20H24N2O3. The Morgan fingerprint density at radius 3 is 2.76 bits per heavy atom. The minimum Gasteiger partial charge on any atom is -0.463 e. The number of pyridine rings is 1. The lowest BCUT2D eigenvalue weighted by atomic mass is 9.67. The quantitative estimate of drug-likeness (QED) is 0.856. The second-order valence-electron chi connectivity index (χ2n) is 7.33.